The predicted octanol–water partition coefficient (Wildman–Crippen LogP) is 3.54. The summed E-state index contributed by atoms with van der Waals surface area (Å²) in [5.41, 5.74) is 10.9. The summed E-state index contributed by atoms with van der Waals surface area (Å²) >= 11 is 1.64. The molecule has 1 aliphatic heterocycles. The van der Waals surface area contributed by atoms with Crippen molar-refractivity contribution in [3.8, 4) is 21.7 Å². The smallest absolute Gasteiger partial charge is 0.250 e. The maximum atomic E-state index is 11.9. The number of benzene rings is 1. The number of carbonyl (C=O) groups excluding carboxylic acids is 1. The van der Waals surface area contributed by atoms with Gasteiger partial charge >= 0.3 is 0 Å². The van der Waals surface area contributed by atoms with Crippen LogP contribution < -0.4 is 5.73 Å². The van der Waals surface area contributed by atoms with Crippen LogP contribution in [0.2, 0.25) is 0 Å². The van der Waals surface area contributed by atoms with Gasteiger partial charge in [0, 0.05) is 28.7 Å². The Hall–Kier alpha value is -2.33. The van der Waals surface area contributed by atoms with E-state index in [1.807, 2.05) is 29.8 Å². The fourth-order valence-electron chi connectivity index (χ4n) is 3.09. The molecule has 21 heavy (non-hydrogen) atoms. The van der Waals surface area contributed by atoms with Crippen LogP contribution in [-0.4, -0.2) is 10.5 Å². The summed E-state index contributed by atoms with van der Waals surface area (Å²) in [5, 5.41) is 2.03. The summed E-state index contributed by atoms with van der Waals surface area (Å²) in [5.74, 6) is -0.363. The molecular weight excluding hydrogens is 280 g/mol. The monoisotopic (exact) mass is 294 g/mol. The summed E-state index contributed by atoms with van der Waals surface area (Å²) < 4.78 is 2.16. The first kappa shape index (κ1) is 12.4. The molecule has 0 radical (unpaired) electrons. The number of nitrogens with zero attached hydrogens (tertiary/aromatic N) is 1. The maximum absolute atomic E-state index is 11.9. The van der Waals surface area contributed by atoms with Crippen LogP contribution in [0.1, 0.15) is 15.9 Å². The molecule has 1 aliphatic rings. The van der Waals surface area contributed by atoms with Crippen LogP contribution in [0.3, 0.4) is 0 Å². The standard InChI is InChI=1S/C17H14N2OS/c18-17(20)13-10-19-8-7-11-4-1-2-5-12(11)16(19)15(13)14-6-3-9-21-14/h1-6,9-10H,7-8H2,(H2,18,20). The highest BCUT2D eigenvalue weighted by Crippen LogP contribution is 2.42. The minimum atomic E-state index is -0.363. The molecule has 0 bridgehead atoms. The van der Waals surface area contributed by atoms with Crippen molar-refractivity contribution in [3.05, 3.63) is 59.1 Å². The van der Waals surface area contributed by atoms with E-state index in [2.05, 4.69) is 22.8 Å². The van der Waals surface area contributed by atoms with Gasteiger partial charge in [0.25, 0.3) is 5.91 Å². The zero-order chi connectivity index (χ0) is 14.4. The highest BCUT2D eigenvalue weighted by molar-refractivity contribution is 7.13. The molecule has 1 aromatic carbocycles. The molecule has 0 fully saturated rings. The Balaban J connectivity index is 2.07. The zero-order valence-corrected chi connectivity index (χ0v) is 12.2. The highest BCUT2D eigenvalue weighted by Gasteiger charge is 2.26. The van der Waals surface area contributed by atoms with E-state index in [9.17, 15) is 4.79 Å². The molecule has 3 aromatic rings. The van der Waals surface area contributed by atoms with Gasteiger partial charge in [0.2, 0.25) is 0 Å². The van der Waals surface area contributed by atoms with Gasteiger partial charge in [0.05, 0.1) is 11.3 Å². The summed E-state index contributed by atoms with van der Waals surface area (Å²) in [6.07, 6.45) is 2.89. The number of thiophene rings is 1. The Bertz CT molecular complexity index is 831. The molecule has 0 atom stereocenters. The average molecular weight is 294 g/mol. The summed E-state index contributed by atoms with van der Waals surface area (Å²) in [4.78, 5) is 13.0. The molecule has 0 unspecified atom stereocenters. The summed E-state index contributed by atoms with van der Waals surface area (Å²) in [6, 6.07) is 12.4. The number of aromatic nitrogens is 1. The molecule has 2 N–H and O–H groups in total. The Morgan fingerprint density at radius 2 is 2.05 bits per heavy atom. The van der Waals surface area contributed by atoms with Crippen LogP contribution in [0.15, 0.2) is 48.0 Å². The van der Waals surface area contributed by atoms with Crippen molar-refractivity contribution in [3.63, 3.8) is 0 Å². The van der Waals surface area contributed by atoms with E-state index in [1.165, 1.54) is 11.1 Å². The van der Waals surface area contributed by atoms with Gasteiger partial charge in [-0.2, -0.15) is 0 Å². The Labute approximate surface area is 126 Å². The van der Waals surface area contributed by atoms with Crippen LogP contribution in [-0.2, 0) is 13.0 Å². The first-order valence-corrected chi connectivity index (χ1v) is 7.79. The summed E-state index contributed by atoms with van der Waals surface area (Å²) in [7, 11) is 0. The van der Waals surface area contributed by atoms with Crippen molar-refractivity contribution < 1.29 is 4.79 Å². The average Bonchev–Trinajstić information content (AvgIpc) is 3.13. The van der Waals surface area contributed by atoms with E-state index in [0.29, 0.717) is 5.56 Å². The predicted molar refractivity (Wildman–Crippen MR) is 85.4 cm³/mol. The van der Waals surface area contributed by atoms with E-state index in [1.54, 1.807) is 11.3 Å². The van der Waals surface area contributed by atoms with Gasteiger partial charge in [0.15, 0.2) is 0 Å². The number of rotatable bonds is 2. The molecular formula is C17H14N2OS. The highest BCUT2D eigenvalue weighted by atomic mass is 32.1. The third kappa shape index (κ3) is 1.83. The molecule has 3 heterocycles. The summed E-state index contributed by atoms with van der Waals surface area (Å²) in [6.45, 7) is 0.887. The van der Waals surface area contributed by atoms with Crippen molar-refractivity contribution >= 4 is 17.2 Å². The van der Waals surface area contributed by atoms with Crippen molar-refractivity contribution in [2.24, 2.45) is 5.73 Å². The number of hydrogen-bond acceptors (Lipinski definition) is 2. The van der Waals surface area contributed by atoms with E-state index < -0.39 is 0 Å². The fraction of sp³-hybridized carbons (Fsp3) is 0.118. The van der Waals surface area contributed by atoms with Crippen molar-refractivity contribution in [2.75, 3.05) is 0 Å². The third-order valence-electron chi connectivity index (χ3n) is 4.01. The third-order valence-corrected chi connectivity index (χ3v) is 4.89. The lowest BCUT2D eigenvalue weighted by atomic mass is 9.95. The first-order valence-electron chi connectivity index (χ1n) is 6.91. The number of amides is 1. The van der Waals surface area contributed by atoms with Gasteiger partial charge in [-0.15, -0.1) is 11.3 Å². The SMILES string of the molecule is NC(=O)c1cn2c(c1-c1cccs1)-c1ccccc1CC2. The minimum absolute atomic E-state index is 0.363. The normalized spacial score (nSPS) is 12.8. The lowest BCUT2D eigenvalue weighted by molar-refractivity contribution is 0.100. The quantitative estimate of drug-likeness (QED) is 0.772. The van der Waals surface area contributed by atoms with Crippen molar-refractivity contribution in [2.45, 2.75) is 13.0 Å². The number of nitrogens with two attached hydrogens (primary N) is 1. The van der Waals surface area contributed by atoms with Gasteiger partial charge < -0.3 is 10.3 Å². The van der Waals surface area contributed by atoms with Crippen LogP contribution in [0.4, 0.5) is 0 Å². The van der Waals surface area contributed by atoms with Gasteiger partial charge in [-0.25, -0.2) is 0 Å². The molecule has 0 saturated carbocycles. The molecule has 0 saturated heterocycles. The van der Waals surface area contributed by atoms with Gasteiger partial charge in [-0.05, 0) is 23.4 Å². The Kier molecular flexibility index (Phi) is 2.72. The van der Waals surface area contributed by atoms with Crippen molar-refractivity contribution in [1.29, 1.82) is 0 Å². The van der Waals surface area contributed by atoms with Crippen LogP contribution in [0.5, 0.6) is 0 Å². The first-order chi connectivity index (χ1) is 10.3. The Morgan fingerprint density at radius 1 is 1.19 bits per heavy atom. The number of aryl methyl sites for hydroxylation is 2. The van der Waals surface area contributed by atoms with E-state index >= 15 is 0 Å². The Morgan fingerprint density at radius 3 is 2.81 bits per heavy atom. The molecule has 0 aliphatic carbocycles. The lowest BCUT2D eigenvalue weighted by Gasteiger charge is -2.20. The number of carbonyl (C=O) groups is 1. The van der Waals surface area contributed by atoms with Gasteiger partial charge in [0.1, 0.15) is 0 Å². The molecule has 3 nitrogen and oxygen atoms in total. The van der Waals surface area contributed by atoms with Crippen molar-refractivity contribution in [1.82, 2.24) is 4.57 Å². The maximum Gasteiger partial charge on any atom is 0.250 e. The van der Waals surface area contributed by atoms with Gasteiger partial charge in [-0.3, -0.25) is 4.79 Å². The molecule has 1 amide bonds. The molecule has 2 aromatic heterocycles. The fourth-order valence-corrected chi connectivity index (χ4v) is 3.87. The van der Waals surface area contributed by atoms with Crippen LogP contribution >= 0.6 is 11.3 Å². The lowest BCUT2D eigenvalue weighted by Crippen LogP contribution is -2.11. The molecule has 104 valence electrons. The second-order valence-corrected chi connectivity index (χ2v) is 6.16. The minimum Gasteiger partial charge on any atom is -0.366 e. The zero-order valence-electron chi connectivity index (χ0n) is 11.4. The number of fused-ring (bicyclic) bond motifs is 3. The number of primary amides is 1. The second-order valence-electron chi connectivity index (χ2n) is 5.21. The van der Waals surface area contributed by atoms with E-state index in [0.717, 1.165) is 29.1 Å². The molecule has 4 rings (SSSR count). The van der Waals surface area contributed by atoms with Gasteiger partial charge in [-0.1, -0.05) is 30.3 Å². The number of hydrogen-bond donors (Lipinski definition) is 1. The second kappa shape index (κ2) is 4.60. The topological polar surface area (TPSA) is 48.0 Å². The largest absolute Gasteiger partial charge is 0.366 e. The van der Waals surface area contributed by atoms with E-state index in [4.69, 9.17) is 5.73 Å². The van der Waals surface area contributed by atoms with Crippen LogP contribution in [0.25, 0.3) is 21.7 Å². The molecule has 4 heteroatoms. The van der Waals surface area contributed by atoms with Crippen LogP contribution in [0, 0.1) is 0 Å². The molecule has 0 spiro atoms. The van der Waals surface area contributed by atoms with E-state index in [-0.39, 0.29) is 5.91 Å².